The molecule has 2 heterocycles. The number of H-pyrrole nitrogens is 1. The first-order valence-corrected chi connectivity index (χ1v) is 10.3. The topological polar surface area (TPSA) is 59.7 Å². The SMILES string of the molecule is CCN(CC)C(=O)[C@@H]1C=C2c3cccc4[nH]cc(c34)C[C@H]2N(C)C1.CN(C)C=O. The van der Waals surface area contributed by atoms with Gasteiger partial charge in [0.1, 0.15) is 0 Å². The van der Waals surface area contributed by atoms with Crippen molar-refractivity contribution in [2.45, 2.75) is 26.3 Å². The molecule has 0 saturated carbocycles. The third-order valence-corrected chi connectivity index (χ3v) is 5.87. The number of carbonyl (C=O) groups excluding carboxylic acids is 2. The smallest absolute Gasteiger partial charge is 0.230 e. The molecule has 6 nitrogen and oxygen atoms in total. The van der Waals surface area contributed by atoms with E-state index in [1.54, 1.807) is 14.1 Å². The van der Waals surface area contributed by atoms with Crippen LogP contribution in [0.4, 0.5) is 0 Å². The Morgan fingerprint density at radius 2 is 1.97 bits per heavy atom. The number of fused-ring (bicyclic) bond motifs is 2. The molecule has 0 bridgehead atoms. The van der Waals surface area contributed by atoms with Crippen LogP contribution in [0.25, 0.3) is 16.5 Å². The number of hydrogen-bond acceptors (Lipinski definition) is 3. The summed E-state index contributed by atoms with van der Waals surface area (Å²) in [5, 5.41) is 1.34. The molecule has 1 aliphatic carbocycles. The number of benzene rings is 1. The largest absolute Gasteiger partial charge is 0.361 e. The molecule has 1 aromatic heterocycles. The van der Waals surface area contributed by atoms with Crippen LogP contribution in [0.5, 0.6) is 0 Å². The van der Waals surface area contributed by atoms with Crippen molar-refractivity contribution < 1.29 is 9.59 Å². The third kappa shape index (κ3) is 4.08. The second-order valence-electron chi connectivity index (χ2n) is 8.01. The summed E-state index contributed by atoms with van der Waals surface area (Å²) in [5.41, 5.74) is 5.21. The lowest BCUT2D eigenvalue weighted by Gasteiger charge is -2.40. The van der Waals surface area contributed by atoms with Crippen molar-refractivity contribution in [2.24, 2.45) is 5.92 Å². The lowest BCUT2D eigenvalue weighted by molar-refractivity contribution is -0.134. The molecule has 0 radical (unpaired) electrons. The summed E-state index contributed by atoms with van der Waals surface area (Å²) >= 11 is 0. The van der Waals surface area contributed by atoms with Crippen LogP contribution in [-0.4, -0.2) is 78.8 Å². The fraction of sp³-hybridized carbons (Fsp3) is 0.478. The van der Waals surface area contributed by atoms with Gasteiger partial charge in [-0.3, -0.25) is 14.5 Å². The molecule has 0 spiro atoms. The van der Waals surface area contributed by atoms with Crippen LogP contribution in [0.15, 0.2) is 30.5 Å². The van der Waals surface area contributed by atoms with Crippen LogP contribution in [0.3, 0.4) is 0 Å². The molecule has 2 aromatic rings. The van der Waals surface area contributed by atoms with Gasteiger partial charge in [0.05, 0.1) is 5.92 Å². The van der Waals surface area contributed by atoms with E-state index < -0.39 is 0 Å². The van der Waals surface area contributed by atoms with E-state index in [1.807, 2.05) is 4.90 Å². The van der Waals surface area contributed by atoms with Crippen molar-refractivity contribution in [1.82, 2.24) is 19.7 Å². The highest BCUT2D eigenvalue weighted by molar-refractivity contribution is 5.99. The second kappa shape index (κ2) is 8.82. The molecule has 1 aromatic carbocycles. The highest BCUT2D eigenvalue weighted by atomic mass is 16.2. The second-order valence-corrected chi connectivity index (χ2v) is 8.01. The molecule has 2 atom stereocenters. The van der Waals surface area contributed by atoms with E-state index in [0.717, 1.165) is 32.5 Å². The summed E-state index contributed by atoms with van der Waals surface area (Å²) in [6.45, 7) is 6.47. The van der Waals surface area contributed by atoms with Gasteiger partial charge in [-0.25, -0.2) is 0 Å². The van der Waals surface area contributed by atoms with Gasteiger partial charge in [-0.15, -0.1) is 0 Å². The Kier molecular flexibility index (Phi) is 6.42. The molecule has 4 rings (SSSR count). The van der Waals surface area contributed by atoms with Crippen LogP contribution in [-0.2, 0) is 16.0 Å². The third-order valence-electron chi connectivity index (χ3n) is 5.87. The summed E-state index contributed by atoms with van der Waals surface area (Å²) in [4.78, 5) is 31.4. The van der Waals surface area contributed by atoms with Crippen molar-refractivity contribution in [2.75, 3.05) is 40.8 Å². The highest BCUT2D eigenvalue weighted by Crippen LogP contribution is 2.40. The summed E-state index contributed by atoms with van der Waals surface area (Å²) in [7, 11) is 5.53. The number of nitrogens with zero attached hydrogens (tertiary/aromatic N) is 3. The number of aromatic nitrogens is 1. The van der Waals surface area contributed by atoms with Crippen LogP contribution in [0.1, 0.15) is 25.0 Å². The Balaban J connectivity index is 0.000000431. The summed E-state index contributed by atoms with van der Waals surface area (Å²) in [6, 6.07) is 6.82. The predicted octanol–water partition coefficient (Wildman–Crippen LogP) is 2.61. The van der Waals surface area contributed by atoms with Crippen molar-refractivity contribution in [3.8, 4) is 0 Å². The number of hydrogen-bond donors (Lipinski definition) is 1. The minimum atomic E-state index is -0.0445. The highest BCUT2D eigenvalue weighted by Gasteiger charge is 2.36. The van der Waals surface area contributed by atoms with Gasteiger partial charge in [0.2, 0.25) is 12.3 Å². The van der Waals surface area contributed by atoms with Crippen LogP contribution < -0.4 is 0 Å². The average molecular weight is 397 g/mol. The fourth-order valence-corrected chi connectivity index (χ4v) is 4.38. The maximum absolute atomic E-state index is 12.9. The molecule has 156 valence electrons. The first kappa shape index (κ1) is 21.1. The van der Waals surface area contributed by atoms with E-state index in [0.29, 0.717) is 6.04 Å². The van der Waals surface area contributed by atoms with Crippen molar-refractivity contribution in [1.29, 1.82) is 0 Å². The average Bonchev–Trinajstić information content (AvgIpc) is 3.14. The lowest BCUT2D eigenvalue weighted by Crippen LogP contribution is -2.47. The molecule has 0 unspecified atom stereocenters. The Labute approximate surface area is 173 Å². The summed E-state index contributed by atoms with van der Waals surface area (Å²) in [6.07, 6.45) is 6.16. The minimum Gasteiger partial charge on any atom is -0.361 e. The van der Waals surface area contributed by atoms with Gasteiger partial charge in [-0.1, -0.05) is 18.2 Å². The first-order valence-electron chi connectivity index (χ1n) is 10.3. The van der Waals surface area contributed by atoms with Crippen LogP contribution in [0.2, 0.25) is 0 Å². The molecule has 29 heavy (non-hydrogen) atoms. The Bertz CT molecular complexity index is 911. The molecular formula is C23H32N4O2. The number of rotatable bonds is 4. The van der Waals surface area contributed by atoms with Gasteiger partial charge < -0.3 is 14.8 Å². The van der Waals surface area contributed by atoms with E-state index >= 15 is 0 Å². The molecule has 2 amide bonds. The van der Waals surface area contributed by atoms with Gasteiger partial charge in [-0.2, -0.15) is 0 Å². The van der Waals surface area contributed by atoms with Gasteiger partial charge in [0.25, 0.3) is 0 Å². The van der Waals surface area contributed by atoms with E-state index in [1.165, 1.54) is 32.5 Å². The zero-order valence-corrected chi connectivity index (χ0v) is 18.1. The molecule has 1 aliphatic heterocycles. The number of carbonyl (C=O) groups is 2. The van der Waals surface area contributed by atoms with Crippen LogP contribution in [0, 0.1) is 5.92 Å². The van der Waals surface area contributed by atoms with Gasteiger partial charge in [-0.05, 0) is 50.1 Å². The van der Waals surface area contributed by atoms with E-state index in [9.17, 15) is 9.59 Å². The Morgan fingerprint density at radius 3 is 2.59 bits per heavy atom. The maximum atomic E-state index is 12.9. The van der Waals surface area contributed by atoms with Gasteiger partial charge in [0.15, 0.2) is 0 Å². The number of likely N-dealkylation sites (N-methyl/N-ethyl adjacent to an activating group) is 1. The zero-order chi connectivity index (χ0) is 21.1. The maximum Gasteiger partial charge on any atom is 0.230 e. The number of nitrogens with one attached hydrogen (secondary N) is 1. The van der Waals surface area contributed by atoms with E-state index in [-0.39, 0.29) is 11.8 Å². The molecule has 2 aliphatic rings. The zero-order valence-electron chi connectivity index (χ0n) is 18.1. The first-order chi connectivity index (χ1) is 13.9. The summed E-state index contributed by atoms with van der Waals surface area (Å²) in [5.74, 6) is 0.210. The lowest BCUT2D eigenvalue weighted by atomic mass is 9.79. The van der Waals surface area contributed by atoms with Crippen LogP contribution >= 0.6 is 0 Å². The Hall–Kier alpha value is -2.60. The normalized spacial score (nSPS) is 20.2. The van der Waals surface area contributed by atoms with Gasteiger partial charge in [0, 0.05) is 56.9 Å². The standard InChI is InChI=1S/C20H25N3O.C3H7NO/c1-4-23(5-2)20(24)14-9-16-15-7-6-8-17-19(15)13(11-21-17)10-18(16)22(3)12-14;1-4(2)3-5/h6-9,11,14,18,21H,4-5,10,12H2,1-3H3;3H,1-2H3/t14-,18-;/m1./s1. The monoisotopic (exact) mass is 396 g/mol. The molecular weight excluding hydrogens is 364 g/mol. The van der Waals surface area contributed by atoms with Gasteiger partial charge >= 0.3 is 0 Å². The molecule has 0 saturated heterocycles. The number of amides is 2. The summed E-state index contributed by atoms with van der Waals surface area (Å²) < 4.78 is 0. The molecule has 0 fully saturated rings. The van der Waals surface area contributed by atoms with E-state index in [2.05, 4.69) is 61.3 Å². The van der Waals surface area contributed by atoms with Crippen molar-refractivity contribution in [3.63, 3.8) is 0 Å². The van der Waals surface area contributed by atoms with E-state index in [4.69, 9.17) is 0 Å². The number of aromatic amines is 1. The predicted molar refractivity (Wildman–Crippen MR) is 118 cm³/mol. The quantitative estimate of drug-likeness (QED) is 0.808. The van der Waals surface area contributed by atoms with Crippen molar-refractivity contribution in [3.05, 3.63) is 41.6 Å². The van der Waals surface area contributed by atoms with Crippen molar-refractivity contribution >= 4 is 28.8 Å². The Morgan fingerprint density at radius 1 is 1.28 bits per heavy atom. The minimum absolute atomic E-state index is 0.0445. The fourth-order valence-electron chi connectivity index (χ4n) is 4.38. The molecule has 1 N–H and O–H groups in total. The molecule has 6 heteroatoms.